The first-order valence-corrected chi connectivity index (χ1v) is 12.2. The minimum atomic E-state index is -0.494. The summed E-state index contributed by atoms with van der Waals surface area (Å²) in [7, 11) is 0. The van der Waals surface area contributed by atoms with Gasteiger partial charge in [0, 0.05) is 0 Å². The van der Waals surface area contributed by atoms with Crippen molar-refractivity contribution in [3.05, 3.63) is 0 Å². The molecule has 5 aliphatic carbocycles. The topological polar surface area (TPSA) is 57.5 Å². The number of rotatable bonds is 1. The Bertz CT molecular complexity index is 660. The number of carbonyl (C=O) groups is 1. The van der Waals surface area contributed by atoms with Gasteiger partial charge in [0.25, 0.3) is 0 Å². The first-order chi connectivity index (χ1) is 13.2. The predicted octanol–water partition coefficient (Wildman–Crippen LogP) is 5.51. The Morgan fingerprint density at radius 3 is 2.25 bits per heavy atom. The summed E-state index contributed by atoms with van der Waals surface area (Å²) in [6.07, 6.45) is 12.4. The predicted molar refractivity (Wildman–Crippen MR) is 110 cm³/mol. The zero-order valence-corrected chi connectivity index (χ0v) is 18.1. The van der Waals surface area contributed by atoms with E-state index in [4.69, 9.17) is 0 Å². The molecule has 10 unspecified atom stereocenters. The van der Waals surface area contributed by atoms with Crippen molar-refractivity contribution >= 4 is 5.97 Å². The molecule has 2 N–H and O–H groups in total. The summed E-state index contributed by atoms with van der Waals surface area (Å²) in [5, 5.41) is 20.6. The van der Waals surface area contributed by atoms with E-state index >= 15 is 0 Å². The quantitative estimate of drug-likeness (QED) is 0.623. The average molecular weight is 389 g/mol. The van der Waals surface area contributed by atoms with Crippen molar-refractivity contribution in [2.75, 3.05) is 0 Å². The highest BCUT2D eigenvalue weighted by molar-refractivity contribution is 5.75. The van der Waals surface area contributed by atoms with Gasteiger partial charge in [0.05, 0.1) is 11.5 Å². The maximum Gasteiger partial charge on any atom is 0.309 e. The number of fused-ring (bicyclic) bond motifs is 7. The lowest BCUT2D eigenvalue weighted by Gasteiger charge is -2.67. The van der Waals surface area contributed by atoms with Gasteiger partial charge in [0.15, 0.2) is 0 Å². The first kappa shape index (κ1) is 19.4. The number of aliphatic hydroxyl groups excluding tert-OH is 1. The highest BCUT2D eigenvalue weighted by Crippen LogP contribution is 2.71. The van der Waals surface area contributed by atoms with E-state index in [-0.39, 0.29) is 6.10 Å². The van der Waals surface area contributed by atoms with E-state index in [0.717, 1.165) is 50.4 Å². The molecule has 5 rings (SSSR count). The molecule has 3 heteroatoms. The highest BCUT2D eigenvalue weighted by atomic mass is 16.4. The van der Waals surface area contributed by atoms with Gasteiger partial charge in [-0.25, -0.2) is 0 Å². The van der Waals surface area contributed by atoms with Crippen molar-refractivity contribution in [1.29, 1.82) is 0 Å². The number of hydrogen-bond acceptors (Lipinski definition) is 2. The Hall–Kier alpha value is -0.570. The maximum absolute atomic E-state index is 12.3. The van der Waals surface area contributed by atoms with Gasteiger partial charge in [-0.1, -0.05) is 27.2 Å². The molecule has 5 saturated carbocycles. The molecule has 0 aromatic rings. The second-order valence-corrected chi connectivity index (χ2v) is 12.0. The number of aliphatic carboxylic acids is 1. The number of hydrogen-bond donors (Lipinski definition) is 2. The summed E-state index contributed by atoms with van der Waals surface area (Å²) in [5.41, 5.74) is 0.353. The normalized spacial score (nSPS) is 58.2. The largest absolute Gasteiger partial charge is 0.481 e. The van der Waals surface area contributed by atoms with Crippen LogP contribution in [0.5, 0.6) is 0 Å². The fraction of sp³-hybridized carbons (Fsp3) is 0.960. The molecule has 158 valence electrons. The van der Waals surface area contributed by atoms with Crippen LogP contribution < -0.4 is 0 Å². The molecule has 3 nitrogen and oxygen atoms in total. The third kappa shape index (κ3) is 2.29. The number of carboxylic acids is 1. The van der Waals surface area contributed by atoms with Crippen LogP contribution in [0.1, 0.15) is 91.4 Å². The van der Waals surface area contributed by atoms with Crippen LogP contribution in [0.2, 0.25) is 0 Å². The van der Waals surface area contributed by atoms with Crippen molar-refractivity contribution in [2.45, 2.75) is 97.5 Å². The molecule has 28 heavy (non-hydrogen) atoms. The van der Waals surface area contributed by atoms with Crippen LogP contribution in [-0.2, 0) is 4.79 Å². The molecule has 10 atom stereocenters. The highest BCUT2D eigenvalue weighted by Gasteiger charge is 2.65. The summed E-state index contributed by atoms with van der Waals surface area (Å²) >= 11 is 0. The summed E-state index contributed by atoms with van der Waals surface area (Å²) in [6, 6.07) is 0. The third-order valence-electron chi connectivity index (χ3n) is 11.5. The second kappa shape index (κ2) is 6.22. The van der Waals surface area contributed by atoms with Crippen molar-refractivity contribution in [1.82, 2.24) is 0 Å². The molecule has 5 aliphatic rings. The molecule has 5 fully saturated rings. The van der Waals surface area contributed by atoms with Gasteiger partial charge in [-0.2, -0.15) is 0 Å². The molecule has 0 aromatic heterocycles. The summed E-state index contributed by atoms with van der Waals surface area (Å²) in [6.45, 7) is 7.44. The van der Waals surface area contributed by atoms with E-state index in [1.54, 1.807) is 0 Å². The van der Waals surface area contributed by atoms with Crippen LogP contribution in [0, 0.1) is 51.8 Å². The second-order valence-electron chi connectivity index (χ2n) is 12.0. The van der Waals surface area contributed by atoms with Crippen LogP contribution >= 0.6 is 0 Å². The molecular formula is C25H40O3. The lowest BCUT2D eigenvalue weighted by atomic mass is 9.37. The van der Waals surface area contributed by atoms with Gasteiger partial charge in [0.1, 0.15) is 0 Å². The standard InChI is InChI=1S/C25H40O3/c1-15-17-8-12-24(3)18-9-14-25(22(27)28)11-4-5-19(25)16(18)6-7-21(24)23(17,2)13-10-20(15)26/h15-21,26H,4-14H2,1-3H3,(H,27,28). The van der Waals surface area contributed by atoms with Gasteiger partial charge < -0.3 is 10.2 Å². The molecule has 0 saturated heterocycles. The summed E-state index contributed by atoms with van der Waals surface area (Å²) < 4.78 is 0. The molecule has 0 aliphatic heterocycles. The Labute approximate surface area is 170 Å². The van der Waals surface area contributed by atoms with Crippen LogP contribution in [0.4, 0.5) is 0 Å². The third-order valence-corrected chi connectivity index (χ3v) is 11.5. The molecule has 0 radical (unpaired) electrons. The molecule has 0 aromatic carbocycles. The molecular weight excluding hydrogens is 348 g/mol. The fourth-order valence-electron chi connectivity index (χ4n) is 10.2. The Morgan fingerprint density at radius 2 is 1.50 bits per heavy atom. The van der Waals surface area contributed by atoms with E-state index in [0.29, 0.717) is 34.5 Å². The van der Waals surface area contributed by atoms with E-state index in [1.165, 1.54) is 32.1 Å². The first-order valence-electron chi connectivity index (χ1n) is 12.2. The molecule has 0 spiro atoms. The van der Waals surface area contributed by atoms with Crippen molar-refractivity contribution in [2.24, 2.45) is 51.8 Å². The van der Waals surface area contributed by atoms with E-state index < -0.39 is 11.4 Å². The molecule has 0 amide bonds. The SMILES string of the molecule is CC1C(O)CCC2(C)C1CCC1(C)C3CCC4(C(=O)O)CCCC4C3CCC21. The average Bonchev–Trinajstić information content (AvgIpc) is 3.11. The van der Waals surface area contributed by atoms with Crippen molar-refractivity contribution < 1.29 is 15.0 Å². The van der Waals surface area contributed by atoms with Crippen molar-refractivity contribution in [3.63, 3.8) is 0 Å². The minimum Gasteiger partial charge on any atom is -0.481 e. The Balaban J connectivity index is 1.47. The van der Waals surface area contributed by atoms with Crippen LogP contribution in [0.25, 0.3) is 0 Å². The zero-order valence-electron chi connectivity index (χ0n) is 18.1. The van der Waals surface area contributed by atoms with E-state index in [9.17, 15) is 15.0 Å². The van der Waals surface area contributed by atoms with Gasteiger partial charge in [-0.15, -0.1) is 0 Å². The molecule has 0 heterocycles. The van der Waals surface area contributed by atoms with E-state index in [1.807, 2.05) is 0 Å². The summed E-state index contributed by atoms with van der Waals surface area (Å²) in [4.78, 5) is 12.3. The van der Waals surface area contributed by atoms with E-state index in [2.05, 4.69) is 20.8 Å². The van der Waals surface area contributed by atoms with Crippen molar-refractivity contribution in [3.8, 4) is 0 Å². The lowest BCUT2D eigenvalue weighted by molar-refractivity contribution is -0.199. The van der Waals surface area contributed by atoms with Gasteiger partial charge in [-0.05, 0) is 111 Å². The van der Waals surface area contributed by atoms with Crippen LogP contribution in [0.15, 0.2) is 0 Å². The number of aliphatic hydroxyl groups is 1. The van der Waals surface area contributed by atoms with Gasteiger partial charge >= 0.3 is 5.97 Å². The monoisotopic (exact) mass is 388 g/mol. The van der Waals surface area contributed by atoms with Crippen LogP contribution in [0.3, 0.4) is 0 Å². The lowest BCUT2D eigenvalue weighted by Crippen LogP contribution is -2.61. The fourth-order valence-corrected chi connectivity index (χ4v) is 10.2. The van der Waals surface area contributed by atoms with Gasteiger partial charge in [-0.3, -0.25) is 4.79 Å². The zero-order chi connectivity index (χ0) is 19.9. The summed E-state index contributed by atoms with van der Waals surface area (Å²) in [5.74, 6) is 3.15. The maximum atomic E-state index is 12.3. The Morgan fingerprint density at radius 1 is 0.821 bits per heavy atom. The smallest absolute Gasteiger partial charge is 0.309 e. The van der Waals surface area contributed by atoms with Gasteiger partial charge in [0.2, 0.25) is 0 Å². The Kier molecular flexibility index (Phi) is 4.31. The molecule has 0 bridgehead atoms. The number of carboxylic acid groups (broad SMARTS) is 1. The van der Waals surface area contributed by atoms with Crippen LogP contribution in [-0.4, -0.2) is 22.3 Å². The minimum absolute atomic E-state index is 0.108.